The summed E-state index contributed by atoms with van der Waals surface area (Å²) in [5.41, 5.74) is -0.0588. The first kappa shape index (κ1) is 13.9. The van der Waals surface area contributed by atoms with E-state index in [1.165, 1.54) is 44.9 Å². The summed E-state index contributed by atoms with van der Waals surface area (Å²) in [5, 5.41) is 0. The van der Waals surface area contributed by atoms with Gasteiger partial charge in [0, 0.05) is 0 Å². The summed E-state index contributed by atoms with van der Waals surface area (Å²) in [5.74, 6) is 0.894. The van der Waals surface area contributed by atoms with E-state index in [1.807, 2.05) is 20.8 Å². The summed E-state index contributed by atoms with van der Waals surface area (Å²) in [6.45, 7) is 7.96. The maximum Gasteiger partial charge on any atom is 0.309 e. The highest BCUT2D eigenvalue weighted by Crippen LogP contribution is 2.64. The number of hydrogen-bond acceptors (Lipinski definition) is 2. The number of fused-ring (bicyclic) bond motifs is 1. The molecule has 2 aliphatic carbocycles. The van der Waals surface area contributed by atoms with Crippen molar-refractivity contribution in [1.29, 1.82) is 0 Å². The molecule has 0 radical (unpaired) electrons. The lowest BCUT2D eigenvalue weighted by atomic mass is 9.81. The van der Waals surface area contributed by atoms with Gasteiger partial charge in [-0.25, -0.2) is 0 Å². The molecule has 3 atom stereocenters. The van der Waals surface area contributed by atoms with Crippen molar-refractivity contribution in [1.82, 2.24) is 0 Å². The van der Waals surface area contributed by atoms with Crippen LogP contribution in [0.1, 0.15) is 72.6 Å². The number of esters is 1. The molecule has 104 valence electrons. The molecule has 0 aromatic carbocycles. The van der Waals surface area contributed by atoms with E-state index in [0.717, 1.165) is 5.92 Å². The number of ether oxygens (including phenoxy) is 1. The summed E-state index contributed by atoms with van der Waals surface area (Å²) >= 11 is 0. The number of carbonyl (C=O) groups is 1. The molecule has 0 saturated heterocycles. The molecule has 0 spiro atoms. The predicted octanol–water partition coefficient (Wildman–Crippen LogP) is 4.32. The van der Waals surface area contributed by atoms with Crippen molar-refractivity contribution in [2.75, 3.05) is 0 Å². The van der Waals surface area contributed by atoms with Crippen LogP contribution in [0.3, 0.4) is 0 Å². The quantitative estimate of drug-likeness (QED) is 0.684. The van der Waals surface area contributed by atoms with Gasteiger partial charge in [-0.15, -0.1) is 0 Å². The highest BCUT2D eigenvalue weighted by atomic mass is 16.6. The third-order valence-electron chi connectivity index (χ3n) is 4.85. The first-order chi connectivity index (χ1) is 8.35. The topological polar surface area (TPSA) is 26.3 Å². The van der Waals surface area contributed by atoms with Crippen molar-refractivity contribution in [3.63, 3.8) is 0 Å². The molecule has 18 heavy (non-hydrogen) atoms. The summed E-state index contributed by atoms with van der Waals surface area (Å²) < 4.78 is 5.58. The van der Waals surface area contributed by atoms with Crippen LogP contribution in [-0.4, -0.2) is 11.6 Å². The van der Waals surface area contributed by atoms with Gasteiger partial charge in [0.25, 0.3) is 0 Å². The van der Waals surface area contributed by atoms with E-state index < -0.39 is 0 Å². The highest BCUT2D eigenvalue weighted by Gasteiger charge is 2.58. The van der Waals surface area contributed by atoms with Crippen molar-refractivity contribution < 1.29 is 9.53 Å². The van der Waals surface area contributed by atoms with Gasteiger partial charge in [0.2, 0.25) is 0 Å². The third-order valence-corrected chi connectivity index (χ3v) is 4.85. The van der Waals surface area contributed by atoms with Crippen LogP contribution < -0.4 is 0 Å². The summed E-state index contributed by atoms with van der Waals surface area (Å²) in [7, 11) is 0. The lowest BCUT2D eigenvalue weighted by Gasteiger charge is -2.29. The average Bonchev–Trinajstić information content (AvgIpc) is 2.88. The maximum absolute atomic E-state index is 12.3. The number of carbonyl (C=O) groups excluding carboxylic acids is 1. The van der Waals surface area contributed by atoms with Crippen LogP contribution in [0.5, 0.6) is 0 Å². The molecular formula is C16H28O2. The molecule has 0 aromatic heterocycles. The highest BCUT2D eigenvalue weighted by molar-refractivity contribution is 5.74. The van der Waals surface area contributed by atoms with Gasteiger partial charge in [0.1, 0.15) is 5.60 Å². The molecule has 0 aliphatic heterocycles. The van der Waals surface area contributed by atoms with E-state index in [2.05, 4.69) is 6.92 Å². The van der Waals surface area contributed by atoms with E-state index in [0.29, 0.717) is 5.41 Å². The normalized spacial score (nSPS) is 33.9. The first-order valence-electron chi connectivity index (χ1n) is 7.58. The zero-order valence-corrected chi connectivity index (χ0v) is 12.4. The Morgan fingerprint density at radius 3 is 2.56 bits per heavy atom. The van der Waals surface area contributed by atoms with Crippen molar-refractivity contribution in [2.45, 2.75) is 78.2 Å². The van der Waals surface area contributed by atoms with Crippen LogP contribution in [0.2, 0.25) is 0 Å². The second kappa shape index (κ2) is 4.86. The molecule has 2 saturated carbocycles. The Labute approximate surface area is 111 Å². The molecule has 0 heterocycles. The van der Waals surface area contributed by atoms with E-state index in [1.54, 1.807) is 0 Å². The monoisotopic (exact) mass is 252 g/mol. The molecule has 2 aliphatic rings. The van der Waals surface area contributed by atoms with Crippen molar-refractivity contribution in [3.05, 3.63) is 0 Å². The van der Waals surface area contributed by atoms with Gasteiger partial charge in [0.05, 0.1) is 5.92 Å². The molecule has 0 amide bonds. The maximum atomic E-state index is 12.3. The summed E-state index contributed by atoms with van der Waals surface area (Å²) in [6, 6.07) is 0. The largest absolute Gasteiger partial charge is 0.460 e. The minimum atomic E-state index is -0.353. The van der Waals surface area contributed by atoms with Crippen molar-refractivity contribution in [2.24, 2.45) is 17.3 Å². The van der Waals surface area contributed by atoms with E-state index in [4.69, 9.17) is 4.74 Å². The fourth-order valence-electron chi connectivity index (χ4n) is 3.67. The van der Waals surface area contributed by atoms with Crippen LogP contribution >= 0.6 is 0 Å². The number of hydrogen-bond donors (Lipinski definition) is 0. The van der Waals surface area contributed by atoms with Gasteiger partial charge in [-0.2, -0.15) is 0 Å². The second-order valence-corrected chi connectivity index (χ2v) is 7.34. The van der Waals surface area contributed by atoms with Gasteiger partial charge in [-0.1, -0.05) is 32.6 Å². The summed E-state index contributed by atoms with van der Waals surface area (Å²) in [4.78, 5) is 12.3. The molecule has 0 N–H and O–H groups in total. The van der Waals surface area contributed by atoms with Crippen molar-refractivity contribution in [3.8, 4) is 0 Å². The lowest BCUT2D eigenvalue weighted by molar-refractivity contribution is -0.162. The lowest BCUT2D eigenvalue weighted by Crippen LogP contribution is -2.32. The minimum absolute atomic E-state index is 0.0190. The van der Waals surface area contributed by atoms with Crippen LogP contribution in [0.25, 0.3) is 0 Å². The minimum Gasteiger partial charge on any atom is -0.460 e. The Morgan fingerprint density at radius 2 is 1.89 bits per heavy atom. The van der Waals surface area contributed by atoms with Crippen molar-refractivity contribution >= 4 is 5.97 Å². The summed E-state index contributed by atoms with van der Waals surface area (Å²) in [6.07, 6.45) is 9.19. The fraction of sp³-hybridized carbons (Fsp3) is 0.938. The second-order valence-electron chi connectivity index (χ2n) is 7.34. The number of rotatable bonds is 2. The third kappa shape index (κ3) is 2.89. The Morgan fingerprint density at radius 1 is 1.22 bits per heavy atom. The average molecular weight is 252 g/mol. The van der Waals surface area contributed by atoms with Crippen LogP contribution in [0.4, 0.5) is 0 Å². The van der Waals surface area contributed by atoms with Crippen LogP contribution in [0.15, 0.2) is 0 Å². The Bertz CT molecular complexity index is 316. The predicted molar refractivity (Wildman–Crippen MR) is 73.3 cm³/mol. The molecule has 0 aromatic rings. The first-order valence-corrected chi connectivity index (χ1v) is 7.58. The molecule has 3 unspecified atom stereocenters. The van der Waals surface area contributed by atoms with Gasteiger partial charge in [-0.05, 0) is 51.4 Å². The standard InChI is InChI=1S/C16H28O2/c1-12(14(17)18-15(2,3)4)16-10-8-6-5-7-9-13(16)11-16/h12-13H,5-11H2,1-4H3. The van der Waals surface area contributed by atoms with E-state index in [9.17, 15) is 4.79 Å². The van der Waals surface area contributed by atoms with Gasteiger partial charge < -0.3 is 4.74 Å². The van der Waals surface area contributed by atoms with E-state index in [-0.39, 0.29) is 17.5 Å². The molecule has 2 heteroatoms. The van der Waals surface area contributed by atoms with Gasteiger partial charge in [0.15, 0.2) is 0 Å². The zero-order valence-electron chi connectivity index (χ0n) is 12.4. The van der Waals surface area contributed by atoms with Crippen LogP contribution in [-0.2, 0) is 9.53 Å². The van der Waals surface area contributed by atoms with Gasteiger partial charge >= 0.3 is 5.97 Å². The molecule has 0 bridgehead atoms. The van der Waals surface area contributed by atoms with E-state index >= 15 is 0 Å². The smallest absolute Gasteiger partial charge is 0.309 e. The molecule has 2 fully saturated rings. The van der Waals surface area contributed by atoms with Crippen LogP contribution in [0, 0.1) is 17.3 Å². The van der Waals surface area contributed by atoms with Gasteiger partial charge in [-0.3, -0.25) is 4.79 Å². The SMILES string of the molecule is CC(C(=O)OC(C)(C)C)C12CCCCCCC1C2. The Hall–Kier alpha value is -0.530. The Balaban J connectivity index is 1.99. The Kier molecular flexibility index (Phi) is 3.75. The molecule has 2 rings (SSSR count). The zero-order chi connectivity index (χ0) is 13.4. The molecular weight excluding hydrogens is 224 g/mol. The molecule has 2 nitrogen and oxygen atoms in total. The fourth-order valence-corrected chi connectivity index (χ4v) is 3.67.